The molecular weight excluding hydrogens is 386 g/mol. The van der Waals surface area contributed by atoms with Crippen molar-refractivity contribution in [2.75, 3.05) is 11.5 Å². The van der Waals surface area contributed by atoms with Crippen LogP contribution in [0, 0.1) is 0 Å². The first-order chi connectivity index (χ1) is 12.9. The Morgan fingerprint density at radius 3 is 2.78 bits per heavy atom. The van der Waals surface area contributed by atoms with Crippen LogP contribution in [0.3, 0.4) is 0 Å². The van der Waals surface area contributed by atoms with Gasteiger partial charge < -0.3 is 14.9 Å². The van der Waals surface area contributed by atoms with Crippen molar-refractivity contribution in [1.29, 1.82) is 0 Å². The molecule has 3 rings (SSSR count). The van der Waals surface area contributed by atoms with Crippen LogP contribution in [0.2, 0.25) is 0 Å². The number of hydrogen-bond acceptors (Lipinski definition) is 6. The monoisotopic (exact) mass is 401 g/mol. The summed E-state index contributed by atoms with van der Waals surface area (Å²) in [5.41, 5.74) is 1.16. The number of carbonyl (C=O) groups is 2. The molecule has 0 unspecified atom stereocenters. The highest BCUT2D eigenvalue weighted by Crippen LogP contribution is 2.37. The van der Waals surface area contributed by atoms with E-state index in [4.69, 9.17) is 22.1 Å². The zero-order chi connectivity index (χ0) is 19.6. The molecule has 27 heavy (non-hydrogen) atoms. The summed E-state index contributed by atoms with van der Waals surface area (Å²) >= 11 is 6.43. The number of carboxylic acid groups (broad SMARTS) is 1. The number of aromatic hydroxyl groups is 1. The van der Waals surface area contributed by atoms with E-state index in [-0.39, 0.29) is 17.2 Å². The molecule has 0 aliphatic carbocycles. The second-order valence-electron chi connectivity index (χ2n) is 5.53. The molecule has 0 bridgehead atoms. The first-order valence-electron chi connectivity index (χ1n) is 7.98. The molecule has 0 atom stereocenters. The summed E-state index contributed by atoms with van der Waals surface area (Å²) in [5, 5.41) is 18.9. The minimum atomic E-state index is -1.08. The van der Waals surface area contributed by atoms with Gasteiger partial charge in [0.25, 0.3) is 5.91 Å². The number of anilines is 1. The van der Waals surface area contributed by atoms with E-state index in [0.29, 0.717) is 32.8 Å². The lowest BCUT2D eigenvalue weighted by Crippen LogP contribution is -2.27. The van der Waals surface area contributed by atoms with Crippen molar-refractivity contribution in [2.24, 2.45) is 0 Å². The lowest BCUT2D eigenvalue weighted by atomic mass is 10.1. The molecule has 1 saturated heterocycles. The highest BCUT2D eigenvalue weighted by molar-refractivity contribution is 8.27. The van der Waals surface area contributed by atoms with E-state index >= 15 is 0 Å². The van der Waals surface area contributed by atoms with Crippen LogP contribution in [-0.4, -0.2) is 33.0 Å². The summed E-state index contributed by atoms with van der Waals surface area (Å²) in [6.45, 7) is 2.21. The largest absolute Gasteiger partial charge is 0.504 e. The number of carbonyl (C=O) groups excluding carboxylic acids is 1. The van der Waals surface area contributed by atoms with Crippen molar-refractivity contribution in [3.05, 3.63) is 58.5 Å². The van der Waals surface area contributed by atoms with E-state index < -0.39 is 5.97 Å². The van der Waals surface area contributed by atoms with Crippen LogP contribution >= 0.6 is 24.0 Å². The number of hydrogen-bond donors (Lipinski definition) is 2. The van der Waals surface area contributed by atoms with Gasteiger partial charge in [-0.05, 0) is 48.9 Å². The number of nitrogens with zero attached hydrogens (tertiary/aromatic N) is 1. The Balaban J connectivity index is 1.92. The number of phenols is 1. The number of carboxylic acids is 1. The predicted molar refractivity (Wildman–Crippen MR) is 108 cm³/mol. The lowest BCUT2D eigenvalue weighted by molar-refractivity contribution is -0.113. The molecular formula is C19H15NO5S2. The van der Waals surface area contributed by atoms with Gasteiger partial charge in [0.1, 0.15) is 0 Å². The maximum atomic E-state index is 12.8. The van der Waals surface area contributed by atoms with E-state index in [1.165, 1.54) is 23.1 Å². The Labute approximate surface area is 165 Å². The molecule has 0 saturated carbocycles. The fraction of sp³-hybridized carbons (Fsp3) is 0.105. The minimum absolute atomic E-state index is 0.0204. The summed E-state index contributed by atoms with van der Waals surface area (Å²) in [4.78, 5) is 25.7. The molecule has 0 aromatic heterocycles. The standard InChI is InChI=1S/C19H15NO5S2/c1-2-25-15-8-11(6-7-14(15)21)9-16-17(22)20(19(26)27-16)13-5-3-4-12(10-13)18(23)24/h3-10,21H,2H2,1H3,(H,23,24). The van der Waals surface area contributed by atoms with E-state index in [9.17, 15) is 14.7 Å². The third-order valence-electron chi connectivity index (χ3n) is 3.73. The van der Waals surface area contributed by atoms with Crippen LogP contribution in [0.15, 0.2) is 47.4 Å². The van der Waals surface area contributed by atoms with E-state index in [1.807, 2.05) is 6.92 Å². The maximum Gasteiger partial charge on any atom is 0.335 e. The molecule has 0 spiro atoms. The fourth-order valence-corrected chi connectivity index (χ4v) is 3.81. The topological polar surface area (TPSA) is 87.1 Å². The van der Waals surface area contributed by atoms with Crippen LogP contribution < -0.4 is 9.64 Å². The molecule has 2 aromatic rings. The SMILES string of the molecule is CCOc1cc(C=C2SC(=S)N(c3cccc(C(=O)O)c3)C2=O)ccc1O. The number of aromatic carboxylic acids is 1. The first-order valence-corrected chi connectivity index (χ1v) is 9.20. The zero-order valence-corrected chi connectivity index (χ0v) is 15.8. The fourth-order valence-electron chi connectivity index (χ4n) is 2.51. The Hall–Kier alpha value is -2.84. The lowest BCUT2D eigenvalue weighted by Gasteiger charge is -2.14. The number of benzene rings is 2. The Morgan fingerprint density at radius 2 is 2.07 bits per heavy atom. The zero-order valence-electron chi connectivity index (χ0n) is 14.2. The second kappa shape index (κ2) is 7.81. The van der Waals surface area contributed by atoms with E-state index in [2.05, 4.69) is 0 Å². The summed E-state index contributed by atoms with van der Waals surface area (Å²) < 4.78 is 5.67. The van der Waals surface area contributed by atoms with Crippen LogP contribution in [-0.2, 0) is 4.79 Å². The summed E-state index contributed by atoms with van der Waals surface area (Å²) in [7, 11) is 0. The van der Waals surface area contributed by atoms with Crippen molar-refractivity contribution < 1.29 is 24.5 Å². The van der Waals surface area contributed by atoms with Gasteiger partial charge in [-0.1, -0.05) is 36.1 Å². The van der Waals surface area contributed by atoms with Gasteiger partial charge in [-0.3, -0.25) is 9.69 Å². The second-order valence-corrected chi connectivity index (χ2v) is 7.21. The number of ether oxygens (including phenoxy) is 1. The average Bonchev–Trinajstić information content (AvgIpc) is 2.91. The average molecular weight is 401 g/mol. The van der Waals surface area contributed by atoms with E-state index in [0.717, 1.165) is 11.8 Å². The highest BCUT2D eigenvalue weighted by Gasteiger charge is 2.33. The minimum Gasteiger partial charge on any atom is -0.504 e. The van der Waals surface area contributed by atoms with Gasteiger partial charge >= 0.3 is 5.97 Å². The molecule has 1 aliphatic heterocycles. The predicted octanol–water partition coefficient (Wildman–Crippen LogP) is 3.89. The third kappa shape index (κ3) is 3.96. The summed E-state index contributed by atoms with van der Waals surface area (Å²) in [6.07, 6.45) is 1.66. The van der Waals surface area contributed by atoms with Crippen molar-refractivity contribution >= 4 is 51.9 Å². The molecule has 6 nitrogen and oxygen atoms in total. The molecule has 1 aliphatic rings. The van der Waals surface area contributed by atoms with Gasteiger partial charge in [0.15, 0.2) is 15.8 Å². The molecule has 138 valence electrons. The van der Waals surface area contributed by atoms with Gasteiger partial charge in [0, 0.05) is 0 Å². The van der Waals surface area contributed by atoms with Gasteiger partial charge in [0.05, 0.1) is 22.8 Å². The van der Waals surface area contributed by atoms with Gasteiger partial charge in [-0.2, -0.15) is 0 Å². The summed E-state index contributed by atoms with van der Waals surface area (Å²) in [6, 6.07) is 10.8. The number of rotatable bonds is 5. The molecule has 2 N–H and O–H groups in total. The third-order valence-corrected chi connectivity index (χ3v) is 5.03. The van der Waals surface area contributed by atoms with Crippen molar-refractivity contribution in [3.63, 3.8) is 0 Å². The van der Waals surface area contributed by atoms with Gasteiger partial charge in [-0.25, -0.2) is 4.79 Å². The summed E-state index contributed by atoms with van der Waals surface area (Å²) in [5.74, 6) is -1.06. The highest BCUT2D eigenvalue weighted by atomic mass is 32.2. The van der Waals surface area contributed by atoms with Crippen LogP contribution in [0.1, 0.15) is 22.8 Å². The number of thiocarbonyl (C=S) groups is 1. The van der Waals surface area contributed by atoms with Crippen LogP contribution in [0.5, 0.6) is 11.5 Å². The van der Waals surface area contributed by atoms with Gasteiger partial charge in [-0.15, -0.1) is 0 Å². The Kier molecular flexibility index (Phi) is 5.48. The Bertz CT molecular complexity index is 970. The van der Waals surface area contributed by atoms with Crippen molar-refractivity contribution in [1.82, 2.24) is 0 Å². The van der Waals surface area contributed by atoms with Gasteiger partial charge in [0.2, 0.25) is 0 Å². The number of thioether (sulfide) groups is 1. The molecule has 1 amide bonds. The van der Waals surface area contributed by atoms with Crippen molar-refractivity contribution in [3.8, 4) is 11.5 Å². The van der Waals surface area contributed by atoms with Crippen LogP contribution in [0.25, 0.3) is 6.08 Å². The molecule has 1 fully saturated rings. The molecule has 0 radical (unpaired) electrons. The first kappa shape index (κ1) is 18.9. The molecule has 8 heteroatoms. The van der Waals surface area contributed by atoms with E-state index in [1.54, 1.807) is 30.3 Å². The maximum absolute atomic E-state index is 12.8. The molecule has 2 aromatic carbocycles. The number of phenolic OH excluding ortho intramolecular Hbond substituents is 1. The van der Waals surface area contributed by atoms with Crippen molar-refractivity contribution in [2.45, 2.75) is 6.92 Å². The number of amides is 1. The normalized spacial score (nSPS) is 15.4. The smallest absolute Gasteiger partial charge is 0.335 e. The van der Waals surface area contributed by atoms with Crippen LogP contribution in [0.4, 0.5) is 5.69 Å². The quantitative estimate of drug-likeness (QED) is 0.580. The molecule has 1 heterocycles. The Morgan fingerprint density at radius 1 is 1.30 bits per heavy atom.